The molecule has 1 N–H and O–H groups in total. The number of carbonyl (C=O) groups is 1. The molecule has 0 aliphatic heterocycles. The number of rotatable bonds is 5. The van der Waals surface area contributed by atoms with Gasteiger partial charge in [0.1, 0.15) is 17.5 Å². The van der Waals surface area contributed by atoms with Gasteiger partial charge in [-0.15, -0.1) is 0 Å². The molecule has 3 aromatic rings. The maximum Gasteiger partial charge on any atom is 0.258 e. The van der Waals surface area contributed by atoms with Crippen molar-refractivity contribution in [3.63, 3.8) is 0 Å². The van der Waals surface area contributed by atoms with E-state index in [0.29, 0.717) is 16.7 Å². The van der Waals surface area contributed by atoms with Crippen LogP contribution in [0.3, 0.4) is 0 Å². The Balaban J connectivity index is 1.65. The number of carbonyl (C=O) groups excluding carboxylic acids is 1. The molecule has 0 aliphatic carbocycles. The lowest BCUT2D eigenvalue weighted by Gasteiger charge is -2.17. The van der Waals surface area contributed by atoms with Crippen LogP contribution in [0.15, 0.2) is 47.3 Å². The normalized spacial score (nSPS) is 10.9. The third kappa shape index (κ3) is 3.93. The first-order valence-electron chi connectivity index (χ1n) is 8.10. The van der Waals surface area contributed by atoms with Gasteiger partial charge in [0, 0.05) is 38.1 Å². The van der Waals surface area contributed by atoms with Crippen LogP contribution in [0.25, 0.3) is 10.9 Å². The molecule has 0 radical (unpaired) electrons. The fraction of sp³-hybridized carbons (Fsp3) is 0.211. The van der Waals surface area contributed by atoms with Gasteiger partial charge >= 0.3 is 0 Å². The van der Waals surface area contributed by atoms with Crippen molar-refractivity contribution in [2.24, 2.45) is 0 Å². The Bertz CT molecular complexity index is 1020. The fourth-order valence-corrected chi connectivity index (χ4v) is 2.66. The number of halogens is 2. The van der Waals surface area contributed by atoms with E-state index in [1.54, 1.807) is 31.3 Å². The molecule has 1 heterocycles. The zero-order chi connectivity index (χ0) is 18.7. The van der Waals surface area contributed by atoms with Crippen LogP contribution < -0.4 is 5.56 Å². The molecule has 0 spiro atoms. The van der Waals surface area contributed by atoms with E-state index in [-0.39, 0.29) is 36.4 Å². The highest BCUT2D eigenvalue weighted by atomic mass is 19.1. The van der Waals surface area contributed by atoms with Crippen LogP contribution in [0.5, 0.6) is 0 Å². The minimum Gasteiger partial charge on any atom is -0.341 e. The van der Waals surface area contributed by atoms with Crippen LogP contribution in [0, 0.1) is 11.6 Å². The van der Waals surface area contributed by atoms with Crippen molar-refractivity contribution in [3.05, 3.63) is 75.8 Å². The predicted octanol–water partition coefficient (Wildman–Crippen LogP) is 2.79. The summed E-state index contributed by atoms with van der Waals surface area (Å²) in [6.45, 7) is 0.0343. The second kappa shape index (κ2) is 7.43. The van der Waals surface area contributed by atoms with Crippen molar-refractivity contribution in [2.75, 3.05) is 7.05 Å². The number of H-pyrrole nitrogens is 1. The maximum atomic E-state index is 13.7. The molecule has 3 rings (SSSR count). The van der Waals surface area contributed by atoms with E-state index in [2.05, 4.69) is 9.97 Å². The van der Waals surface area contributed by atoms with Crippen molar-refractivity contribution >= 4 is 16.8 Å². The molecule has 0 bridgehead atoms. The van der Waals surface area contributed by atoms with E-state index < -0.39 is 11.6 Å². The Morgan fingerprint density at radius 2 is 1.96 bits per heavy atom. The number of aromatic amines is 1. The van der Waals surface area contributed by atoms with E-state index in [1.807, 2.05) is 0 Å². The fourth-order valence-electron chi connectivity index (χ4n) is 2.66. The number of fused-ring (bicyclic) bond motifs is 1. The molecule has 0 saturated carbocycles. The molecule has 134 valence electrons. The first-order chi connectivity index (χ1) is 12.4. The number of nitrogens with zero attached hydrogens (tertiary/aromatic N) is 2. The molecule has 7 heteroatoms. The van der Waals surface area contributed by atoms with Gasteiger partial charge in [-0.2, -0.15) is 0 Å². The van der Waals surface area contributed by atoms with Gasteiger partial charge in [0.2, 0.25) is 5.91 Å². The second-order valence-corrected chi connectivity index (χ2v) is 6.02. The number of para-hydroxylation sites is 1. The van der Waals surface area contributed by atoms with E-state index in [1.165, 1.54) is 11.0 Å². The van der Waals surface area contributed by atoms with E-state index >= 15 is 0 Å². The van der Waals surface area contributed by atoms with E-state index in [0.717, 1.165) is 12.1 Å². The number of amides is 1. The summed E-state index contributed by atoms with van der Waals surface area (Å²) < 4.78 is 26.6. The predicted molar refractivity (Wildman–Crippen MR) is 93.5 cm³/mol. The van der Waals surface area contributed by atoms with E-state index in [4.69, 9.17) is 0 Å². The van der Waals surface area contributed by atoms with Crippen molar-refractivity contribution in [1.29, 1.82) is 0 Å². The van der Waals surface area contributed by atoms with Crippen molar-refractivity contribution in [1.82, 2.24) is 14.9 Å². The largest absolute Gasteiger partial charge is 0.341 e. The molecule has 0 aliphatic rings. The van der Waals surface area contributed by atoms with Crippen LogP contribution >= 0.6 is 0 Å². The van der Waals surface area contributed by atoms with Crippen LogP contribution in [-0.2, 0) is 17.8 Å². The van der Waals surface area contributed by atoms with Crippen molar-refractivity contribution in [3.8, 4) is 0 Å². The van der Waals surface area contributed by atoms with Crippen LogP contribution in [0.2, 0.25) is 0 Å². The van der Waals surface area contributed by atoms with Gasteiger partial charge in [-0.05, 0) is 18.2 Å². The van der Waals surface area contributed by atoms with Gasteiger partial charge in [-0.1, -0.05) is 18.2 Å². The van der Waals surface area contributed by atoms with Crippen LogP contribution in [-0.4, -0.2) is 27.8 Å². The Hall–Kier alpha value is -3.09. The molecule has 1 aromatic heterocycles. The van der Waals surface area contributed by atoms with Gasteiger partial charge in [-0.3, -0.25) is 9.59 Å². The smallest absolute Gasteiger partial charge is 0.258 e. The number of hydrogen-bond donors (Lipinski definition) is 1. The third-order valence-corrected chi connectivity index (χ3v) is 4.09. The highest BCUT2D eigenvalue weighted by Crippen LogP contribution is 2.13. The highest BCUT2D eigenvalue weighted by molar-refractivity contribution is 5.78. The van der Waals surface area contributed by atoms with Gasteiger partial charge in [0.15, 0.2) is 0 Å². The summed E-state index contributed by atoms with van der Waals surface area (Å²) in [5.74, 6) is -1.16. The second-order valence-electron chi connectivity index (χ2n) is 6.02. The monoisotopic (exact) mass is 357 g/mol. The van der Waals surface area contributed by atoms with Gasteiger partial charge in [0.05, 0.1) is 10.9 Å². The zero-order valence-electron chi connectivity index (χ0n) is 14.1. The molecule has 1 amide bonds. The molecular formula is C19H17F2N3O2. The van der Waals surface area contributed by atoms with E-state index in [9.17, 15) is 18.4 Å². The zero-order valence-corrected chi connectivity index (χ0v) is 14.1. The average molecular weight is 357 g/mol. The molecule has 0 atom stereocenters. The Morgan fingerprint density at radius 1 is 1.19 bits per heavy atom. The lowest BCUT2D eigenvalue weighted by molar-refractivity contribution is -0.130. The highest BCUT2D eigenvalue weighted by Gasteiger charge is 2.13. The van der Waals surface area contributed by atoms with Gasteiger partial charge in [-0.25, -0.2) is 13.8 Å². The van der Waals surface area contributed by atoms with Gasteiger partial charge in [0.25, 0.3) is 5.56 Å². The quantitative estimate of drug-likeness (QED) is 0.764. The van der Waals surface area contributed by atoms with Crippen LogP contribution in [0.1, 0.15) is 17.8 Å². The number of aryl methyl sites for hydroxylation is 1. The Morgan fingerprint density at radius 3 is 2.73 bits per heavy atom. The van der Waals surface area contributed by atoms with Crippen molar-refractivity contribution in [2.45, 2.75) is 19.4 Å². The lowest BCUT2D eigenvalue weighted by atomic mass is 10.2. The molecular weight excluding hydrogens is 340 g/mol. The number of benzene rings is 2. The number of nitrogens with one attached hydrogen (secondary N) is 1. The summed E-state index contributed by atoms with van der Waals surface area (Å²) >= 11 is 0. The Labute approximate surface area is 148 Å². The summed E-state index contributed by atoms with van der Waals surface area (Å²) in [6, 6.07) is 10.2. The standard InChI is InChI=1S/C19H17F2N3O2/c1-24(11-12-6-7-13(20)10-15(12)21)18(25)9-8-17-22-16-5-3-2-4-14(16)19(26)23-17/h2-7,10H,8-9,11H2,1H3,(H,22,23,26). The molecule has 5 nitrogen and oxygen atoms in total. The molecule has 2 aromatic carbocycles. The maximum absolute atomic E-state index is 13.7. The first kappa shape index (κ1) is 17.7. The molecule has 0 fully saturated rings. The summed E-state index contributed by atoms with van der Waals surface area (Å²) in [7, 11) is 1.54. The molecule has 0 saturated heterocycles. The summed E-state index contributed by atoms with van der Waals surface area (Å²) in [5, 5.41) is 0.492. The van der Waals surface area contributed by atoms with Crippen LogP contribution in [0.4, 0.5) is 8.78 Å². The molecule has 0 unspecified atom stereocenters. The minimum atomic E-state index is -0.690. The lowest BCUT2D eigenvalue weighted by Crippen LogP contribution is -2.27. The number of aromatic nitrogens is 2. The van der Waals surface area contributed by atoms with Gasteiger partial charge < -0.3 is 9.88 Å². The summed E-state index contributed by atoms with van der Waals surface area (Å²) in [6.07, 6.45) is 0.371. The molecule has 26 heavy (non-hydrogen) atoms. The average Bonchev–Trinajstić information content (AvgIpc) is 2.62. The number of hydrogen-bond acceptors (Lipinski definition) is 3. The minimum absolute atomic E-state index is 0.0343. The SMILES string of the molecule is CN(Cc1ccc(F)cc1F)C(=O)CCc1nc2ccccc2c(=O)[nH]1. The first-order valence-corrected chi connectivity index (χ1v) is 8.10. The summed E-state index contributed by atoms with van der Waals surface area (Å²) in [5.41, 5.74) is 0.555. The topological polar surface area (TPSA) is 66.1 Å². The van der Waals surface area contributed by atoms with Crippen molar-refractivity contribution < 1.29 is 13.6 Å². The summed E-state index contributed by atoms with van der Waals surface area (Å²) in [4.78, 5) is 32.7. The third-order valence-electron chi connectivity index (χ3n) is 4.09. The Kier molecular flexibility index (Phi) is 5.06.